The first kappa shape index (κ1) is 23.4. The highest BCUT2D eigenvalue weighted by molar-refractivity contribution is 5.97. The van der Waals surface area contributed by atoms with E-state index in [2.05, 4.69) is 17.5 Å². The molecule has 1 fully saturated rings. The molecule has 29 heavy (non-hydrogen) atoms. The SMILES string of the molecule is CCCCCCOc1ccccc1C(=O)NN=C1CCCCCCCCCCC1. The number of hydrogen-bond acceptors (Lipinski definition) is 3. The first-order valence-corrected chi connectivity index (χ1v) is 11.9. The largest absolute Gasteiger partial charge is 0.493 e. The number of rotatable bonds is 8. The second-order valence-corrected chi connectivity index (χ2v) is 8.21. The van der Waals surface area contributed by atoms with Crippen molar-refractivity contribution in [3.63, 3.8) is 0 Å². The normalized spacial score (nSPS) is 16.4. The number of ether oxygens (including phenoxy) is 1. The maximum atomic E-state index is 12.7. The van der Waals surface area contributed by atoms with Crippen molar-refractivity contribution in [2.45, 2.75) is 103 Å². The molecule has 0 bridgehead atoms. The van der Waals surface area contributed by atoms with Gasteiger partial charge in [0.1, 0.15) is 5.75 Å². The highest BCUT2D eigenvalue weighted by Crippen LogP contribution is 2.19. The maximum Gasteiger partial charge on any atom is 0.275 e. The number of nitrogens with zero attached hydrogens (tertiary/aromatic N) is 1. The van der Waals surface area contributed by atoms with Gasteiger partial charge in [0, 0.05) is 5.71 Å². The Bertz CT molecular complexity index is 599. The summed E-state index contributed by atoms with van der Waals surface area (Å²) in [5.74, 6) is 0.480. The maximum absolute atomic E-state index is 12.7. The molecule has 0 aromatic heterocycles. The molecule has 0 unspecified atom stereocenters. The van der Waals surface area contributed by atoms with Crippen LogP contribution in [-0.4, -0.2) is 18.2 Å². The minimum absolute atomic E-state index is 0.173. The molecule has 4 nitrogen and oxygen atoms in total. The first-order chi connectivity index (χ1) is 14.3. The van der Waals surface area contributed by atoms with Crippen LogP contribution in [0.3, 0.4) is 0 Å². The van der Waals surface area contributed by atoms with E-state index in [-0.39, 0.29) is 5.91 Å². The van der Waals surface area contributed by atoms with Crippen LogP contribution in [0.25, 0.3) is 0 Å². The molecule has 1 aliphatic rings. The Morgan fingerprint density at radius 3 is 2.17 bits per heavy atom. The lowest BCUT2D eigenvalue weighted by Gasteiger charge is -2.12. The van der Waals surface area contributed by atoms with Gasteiger partial charge in [-0.1, -0.05) is 83.3 Å². The van der Waals surface area contributed by atoms with Crippen molar-refractivity contribution in [1.82, 2.24) is 5.43 Å². The fourth-order valence-corrected chi connectivity index (χ4v) is 3.81. The number of hydrogen-bond donors (Lipinski definition) is 1. The van der Waals surface area contributed by atoms with Crippen molar-refractivity contribution < 1.29 is 9.53 Å². The smallest absolute Gasteiger partial charge is 0.275 e. The number of hydrazone groups is 1. The summed E-state index contributed by atoms with van der Waals surface area (Å²) < 4.78 is 5.88. The summed E-state index contributed by atoms with van der Waals surface area (Å²) in [5.41, 5.74) is 4.51. The molecule has 0 saturated heterocycles. The molecule has 4 heteroatoms. The standard InChI is InChI=1S/C25H40N2O2/c1-2-3-4-16-21-29-24-20-15-14-19-23(24)25(28)27-26-22-17-12-10-8-6-5-7-9-11-13-18-22/h14-15,19-20H,2-13,16-18,21H2,1H3,(H,27,28). The summed E-state index contributed by atoms with van der Waals surface area (Å²) in [6.45, 7) is 2.85. The van der Waals surface area contributed by atoms with Crippen LogP contribution >= 0.6 is 0 Å². The number of benzene rings is 1. The molecular weight excluding hydrogens is 360 g/mol. The van der Waals surface area contributed by atoms with E-state index in [0.717, 1.165) is 25.0 Å². The number of carbonyl (C=O) groups excluding carboxylic acids is 1. The molecule has 2 rings (SSSR count). The molecule has 0 atom stereocenters. The monoisotopic (exact) mass is 400 g/mol. The van der Waals surface area contributed by atoms with Crippen LogP contribution in [0.1, 0.15) is 114 Å². The Kier molecular flexibility index (Phi) is 12.2. The molecule has 1 amide bonds. The van der Waals surface area contributed by atoms with Gasteiger partial charge < -0.3 is 4.74 Å². The van der Waals surface area contributed by atoms with Gasteiger partial charge in [0.05, 0.1) is 12.2 Å². The minimum atomic E-state index is -0.173. The number of unbranched alkanes of at least 4 members (excludes halogenated alkanes) is 3. The van der Waals surface area contributed by atoms with E-state index in [4.69, 9.17) is 4.74 Å². The van der Waals surface area contributed by atoms with Crippen LogP contribution in [0.5, 0.6) is 5.75 Å². The molecule has 1 aromatic rings. The number of carbonyl (C=O) groups is 1. The molecule has 1 N–H and O–H groups in total. The van der Waals surface area contributed by atoms with Gasteiger partial charge in [0.15, 0.2) is 0 Å². The van der Waals surface area contributed by atoms with Crippen molar-refractivity contribution >= 4 is 11.6 Å². The van der Waals surface area contributed by atoms with Crippen LogP contribution in [0.2, 0.25) is 0 Å². The fraction of sp³-hybridized carbons (Fsp3) is 0.680. The average Bonchev–Trinajstić information content (AvgIpc) is 2.73. The Labute approximate surface area is 177 Å². The van der Waals surface area contributed by atoms with Crippen molar-refractivity contribution in [3.8, 4) is 5.75 Å². The van der Waals surface area contributed by atoms with Gasteiger partial charge in [0.25, 0.3) is 5.91 Å². The van der Waals surface area contributed by atoms with Crippen molar-refractivity contribution in [1.29, 1.82) is 0 Å². The van der Waals surface area contributed by atoms with Crippen LogP contribution < -0.4 is 10.2 Å². The molecule has 162 valence electrons. The van der Waals surface area contributed by atoms with E-state index in [1.807, 2.05) is 24.3 Å². The first-order valence-electron chi connectivity index (χ1n) is 11.9. The molecule has 0 spiro atoms. The minimum Gasteiger partial charge on any atom is -0.493 e. The van der Waals surface area contributed by atoms with Crippen LogP contribution in [0, 0.1) is 0 Å². The molecule has 0 radical (unpaired) electrons. The van der Waals surface area contributed by atoms with E-state index in [1.165, 1.54) is 77.0 Å². The fourth-order valence-electron chi connectivity index (χ4n) is 3.81. The second kappa shape index (κ2) is 15.1. The topological polar surface area (TPSA) is 50.7 Å². The van der Waals surface area contributed by atoms with Gasteiger partial charge in [-0.25, -0.2) is 5.43 Å². The van der Waals surface area contributed by atoms with E-state index < -0.39 is 0 Å². The number of para-hydroxylation sites is 1. The predicted octanol–water partition coefficient (Wildman–Crippen LogP) is 7.04. The highest BCUT2D eigenvalue weighted by atomic mass is 16.5. The van der Waals surface area contributed by atoms with E-state index in [1.54, 1.807) is 0 Å². The van der Waals surface area contributed by atoms with Crippen LogP contribution in [0.15, 0.2) is 29.4 Å². The Balaban J connectivity index is 1.89. The van der Waals surface area contributed by atoms with Crippen molar-refractivity contribution in [2.24, 2.45) is 5.10 Å². The molecule has 0 heterocycles. The molecule has 1 aliphatic carbocycles. The van der Waals surface area contributed by atoms with E-state index >= 15 is 0 Å². The quantitative estimate of drug-likeness (QED) is 0.376. The van der Waals surface area contributed by atoms with Gasteiger partial charge in [-0.15, -0.1) is 0 Å². The predicted molar refractivity (Wildman–Crippen MR) is 122 cm³/mol. The molecular formula is C25H40N2O2. The van der Waals surface area contributed by atoms with Crippen LogP contribution in [0.4, 0.5) is 0 Å². The molecule has 0 aliphatic heterocycles. The second-order valence-electron chi connectivity index (χ2n) is 8.21. The Morgan fingerprint density at radius 2 is 1.52 bits per heavy atom. The van der Waals surface area contributed by atoms with Gasteiger partial charge in [0.2, 0.25) is 0 Å². The lowest BCUT2D eigenvalue weighted by molar-refractivity contribution is 0.0950. The van der Waals surface area contributed by atoms with Gasteiger partial charge >= 0.3 is 0 Å². The summed E-state index contributed by atoms with van der Waals surface area (Å²) in [6.07, 6.45) is 18.2. The summed E-state index contributed by atoms with van der Waals surface area (Å²) >= 11 is 0. The summed E-state index contributed by atoms with van der Waals surface area (Å²) in [7, 11) is 0. The van der Waals surface area contributed by atoms with Gasteiger partial charge in [-0.2, -0.15) is 5.10 Å². The third kappa shape index (κ3) is 9.96. The van der Waals surface area contributed by atoms with Gasteiger partial charge in [-0.05, 0) is 44.2 Å². The van der Waals surface area contributed by atoms with Gasteiger partial charge in [-0.3, -0.25) is 4.79 Å². The Morgan fingerprint density at radius 1 is 0.897 bits per heavy atom. The Hall–Kier alpha value is -1.84. The van der Waals surface area contributed by atoms with E-state index in [9.17, 15) is 4.79 Å². The molecule has 1 aromatic carbocycles. The lowest BCUT2D eigenvalue weighted by atomic mass is 10.00. The summed E-state index contributed by atoms with van der Waals surface area (Å²) in [5, 5.41) is 4.51. The zero-order valence-corrected chi connectivity index (χ0v) is 18.4. The van der Waals surface area contributed by atoms with E-state index in [0.29, 0.717) is 17.9 Å². The average molecular weight is 401 g/mol. The zero-order valence-electron chi connectivity index (χ0n) is 18.4. The third-order valence-electron chi connectivity index (χ3n) is 5.63. The third-order valence-corrected chi connectivity index (χ3v) is 5.63. The van der Waals surface area contributed by atoms with Crippen LogP contribution in [-0.2, 0) is 0 Å². The summed E-state index contributed by atoms with van der Waals surface area (Å²) in [4.78, 5) is 12.7. The van der Waals surface area contributed by atoms with Crippen molar-refractivity contribution in [2.75, 3.05) is 6.61 Å². The lowest BCUT2D eigenvalue weighted by Crippen LogP contribution is -2.21. The van der Waals surface area contributed by atoms with Crippen molar-refractivity contribution in [3.05, 3.63) is 29.8 Å². The molecule has 1 saturated carbocycles. The zero-order chi connectivity index (χ0) is 20.6. The summed E-state index contributed by atoms with van der Waals surface area (Å²) in [6, 6.07) is 7.48. The number of nitrogens with one attached hydrogen (secondary N) is 1. The number of amides is 1. The highest BCUT2D eigenvalue weighted by Gasteiger charge is 2.12.